The molecule has 0 amide bonds. The fourth-order valence-electron chi connectivity index (χ4n) is 0.571. The molecular formula is C5H2F3N5. The SMILES string of the molecule is [N-]=[N+]=Nc1cnc(C(F)(F)F)nc1. The fourth-order valence-corrected chi connectivity index (χ4v) is 0.571. The molecule has 5 nitrogen and oxygen atoms in total. The molecule has 0 saturated heterocycles. The zero-order valence-corrected chi connectivity index (χ0v) is 6.02. The molecule has 0 bridgehead atoms. The van der Waals surface area contributed by atoms with Gasteiger partial charge in [0.1, 0.15) is 0 Å². The van der Waals surface area contributed by atoms with Gasteiger partial charge in [-0.2, -0.15) is 13.2 Å². The Hall–Kier alpha value is -1.82. The molecule has 0 saturated carbocycles. The largest absolute Gasteiger partial charge is 0.451 e. The van der Waals surface area contributed by atoms with Crippen molar-refractivity contribution in [3.63, 3.8) is 0 Å². The summed E-state index contributed by atoms with van der Waals surface area (Å²) in [7, 11) is 0. The molecule has 1 aromatic heterocycles. The maximum Gasteiger partial charge on any atom is 0.451 e. The van der Waals surface area contributed by atoms with Crippen molar-refractivity contribution in [1.29, 1.82) is 0 Å². The number of azide groups is 1. The molecule has 1 rings (SSSR count). The van der Waals surface area contributed by atoms with E-state index < -0.39 is 12.0 Å². The Kier molecular flexibility index (Phi) is 2.34. The Labute approximate surface area is 69.9 Å². The van der Waals surface area contributed by atoms with Crippen LogP contribution in [0.1, 0.15) is 5.82 Å². The van der Waals surface area contributed by atoms with E-state index >= 15 is 0 Å². The van der Waals surface area contributed by atoms with Gasteiger partial charge < -0.3 is 0 Å². The fraction of sp³-hybridized carbons (Fsp3) is 0.200. The molecule has 0 aliphatic rings. The first-order chi connectivity index (χ1) is 6.04. The summed E-state index contributed by atoms with van der Waals surface area (Å²) in [6.45, 7) is 0. The van der Waals surface area contributed by atoms with E-state index in [-0.39, 0.29) is 5.69 Å². The van der Waals surface area contributed by atoms with Crippen LogP contribution in [0.25, 0.3) is 10.4 Å². The van der Waals surface area contributed by atoms with Crippen LogP contribution in [-0.4, -0.2) is 9.97 Å². The average Bonchev–Trinajstić information content (AvgIpc) is 2.04. The third-order valence-corrected chi connectivity index (χ3v) is 1.05. The van der Waals surface area contributed by atoms with Gasteiger partial charge in [0.15, 0.2) is 0 Å². The lowest BCUT2D eigenvalue weighted by atomic mass is 10.5. The van der Waals surface area contributed by atoms with Crippen molar-refractivity contribution in [1.82, 2.24) is 9.97 Å². The van der Waals surface area contributed by atoms with Gasteiger partial charge in [0.05, 0.1) is 5.69 Å². The van der Waals surface area contributed by atoms with Gasteiger partial charge in [-0.3, -0.25) is 0 Å². The van der Waals surface area contributed by atoms with Crippen molar-refractivity contribution >= 4 is 5.69 Å². The Morgan fingerprint density at radius 1 is 1.31 bits per heavy atom. The molecular weight excluding hydrogens is 187 g/mol. The molecule has 0 fully saturated rings. The van der Waals surface area contributed by atoms with E-state index in [1.165, 1.54) is 0 Å². The molecule has 0 atom stereocenters. The number of aromatic nitrogens is 2. The van der Waals surface area contributed by atoms with Crippen molar-refractivity contribution in [3.8, 4) is 0 Å². The summed E-state index contributed by atoms with van der Waals surface area (Å²) in [5, 5.41) is 3.02. The minimum atomic E-state index is -4.57. The van der Waals surface area contributed by atoms with Gasteiger partial charge in [-0.25, -0.2) is 9.97 Å². The van der Waals surface area contributed by atoms with Crippen LogP contribution in [0, 0.1) is 0 Å². The first kappa shape index (κ1) is 9.27. The number of hydrogen-bond acceptors (Lipinski definition) is 3. The van der Waals surface area contributed by atoms with Crippen molar-refractivity contribution in [2.45, 2.75) is 6.18 Å². The average molecular weight is 189 g/mol. The monoisotopic (exact) mass is 189 g/mol. The van der Waals surface area contributed by atoms with Gasteiger partial charge in [-0.1, -0.05) is 5.11 Å². The highest BCUT2D eigenvalue weighted by atomic mass is 19.4. The minimum Gasteiger partial charge on any atom is -0.232 e. The van der Waals surface area contributed by atoms with Crippen LogP contribution >= 0.6 is 0 Å². The molecule has 0 aliphatic heterocycles. The molecule has 0 aliphatic carbocycles. The van der Waals surface area contributed by atoms with Crippen molar-refractivity contribution in [2.24, 2.45) is 5.11 Å². The van der Waals surface area contributed by atoms with Gasteiger partial charge in [0.2, 0.25) is 5.82 Å². The topological polar surface area (TPSA) is 74.5 Å². The number of hydrogen-bond donors (Lipinski definition) is 0. The highest BCUT2D eigenvalue weighted by molar-refractivity contribution is 5.29. The quantitative estimate of drug-likeness (QED) is 0.386. The maximum absolute atomic E-state index is 11.9. The first-order valence-electron chi connectivity index (χ1n) is 2.98. The number of nitrogens with zero attached hydrogens (tertiary/aromatic N) is 5. The molecule has 68 valence electrons. The molecule has 0 radical (unpaired) electrons. The summed E-state index contributed by atoms with van der Waals surface area (Å²) in [5.74, 6) is -1.26. The highest BCUT2D eigenvalue weighted by Gasteiger charge is 2.34. The summed E-state index contributed by atoms with van der Waals surface area (Å²) in [6, 6.07) is 0. The highest BCUT2D eigenvalue weighted by Crippen LogP contribution is 2.26. The number of alkyl halides is 3. The van der Waals surface area contributed by atoms with Crippen LogP contribution in [0.15, 0.2) is 17.5 Å². The Morgan fingerprint density at radius 3 is 2.23 bits per heavy atom. The molecule has 0 unspecified atom stereocenters. The van der Waals surface area contributed by atoms with E-state index in [0.717, 1.165) is 12.4 Å². The second kappa shape index (κ2) is 3.28. The second-order valence-electron chi connectivity index (χ2n) is 1.95. The van der Waals surface area contributed by atoms with E-state index in [2.05, 4.69) is 20.0 Å². The number of halogens is 3. The van der Waals surface area contributed by atoms with Gasteiger partial charge >= 0.3 is 6.18 Å². The van der Waals surface area contributed by atoms with E-state index in [1.54, 1.807) is 0 Å². The second-order valence-corrected chi connectivity index (χ2v) is 1.95. The summed E-state index contributed by atoms with van der Waals surface area (Å²) in [4.78, 5) is 8.30. The Bertz CT molecular complexity index is 336. The van der Waals surface area contributed by atoms with Crippen LogP contribution in [0.3, 0.4) is 0 Å². The summed E-state index contributed by atoms with van der Waals surface area (Å²) >= 11 is 0. The molecule has 1 aromatic rings. The van der Waals surface area contributed by atoms with Crippen molar-refractivity contribution in [2.75, 3.05) is 0 Å². The van der Waals surface area contributed by atoms with Crippen molar-refractivity contribution < 1.29 is 13.2 Å². The lowest BCUT2D eigenvalue weighted by Gasteiger charge is -2.02. The van der Waals surface area contributed by atoms with Crippen LogP contribution in [0.2, 0.25) is 0 Å². The third kappa shape index (κ3) is 2.31. The Balaban J connectivity index is 3.00. The molecule has 13 heavy (non-hydrogen) atoms. The van der Waals surface area contributed by atoms with Gasteiger partial charge in [0.25, 0.3) is 0 Å². The Morgan fingerprint density at radius 2 is 1.85 bits per heavy atom. The van der Waals surface area contributed by atoms with Crippen LogP contribution in [-0.2, 0) is 6.18 Å². The van der Waals surface area contributed by atoms with Crippen LogP contribution in [0.5, 0.6) is 0 Å². The standard InChI is InChI=1S/C5H2F3N5/c6-5(7,8)4-10-1-3(2-11-4)12-13-9/h1-2H. The molecule has 1 heterocycles. The summed E-state index contributed by atoms with van der Waals surface area (Å²) < 4.78 is 35.6. The first-order valence-corrected chi connectivity index (χ1v) is 2.98. The summed E-state index contributed by atoms with van der Waals surface area (Å²) in [5.41, 5.74) is 7.87. The van der Waals surface area contributed by atoms with E-state index in [4.69, 9.17) is 5.53 Å². The maximum atomic E-state index is 11.9. The number of rotatable bonds is 1. The molecule has 0 N–H and O–H groups in total. The molecule has 8 heteroatoms. The zero-order chi connectivity index (χ0) is 9.90. The van der Waals surface area contributed by atoms with Crippen LogP contribution in [0.4, 0.5) is 18.9 Å². The minimum absolute atomic E-state index is 0.0597. The lowest BCUT2D eigenvalue weighted by Crippen LogP contribution is -2.09. The van der Waals surface area contributed by atoms with Gasteiger partial charge in [-0.05, 0) is 5.53 Å². The smallest absolute Gasteiger partial charge is 0.232 e. The van der Waals surface area contributed by atoms with E-state index in [9.17, 15) is 13.2 Å². The molecule has 0 spiro atoms. The van der Waals surface area contributed by atoms with E-state index in [1.807, 2.05) is 0 Å². The zero-order valence-electron chi connectivity index (χ0n) is 6.02. The van der Waals surface area contributed by atoms with Crippen molar-refractivity contribution in [3.05, 3.63) is 28.7 Å². The predicted octanol–water partition coefficient (Wildman–Crippen LogP) is 2.44. The van der Waals surface area contributed by atoms with Crippen LogP contribution < -0.4 is 0 Å². The predicted molar refractivity (Wildman–Crippen MR) is 35.8 cm³/mol. The van der Waals surface area contributed by atoms with Gasteiger partial charge in [-0.15, -0.1) is 0 Å². The lowest BCUT2D eigenvalue weighted by molar-refractivity contribution is -0.144. The third-order valence-electron chi connectivity index (χ3n) is 1.05. The van der Waals surface area contributed by atoms with E-state index in [0.29, 0.717) is 0 Å². The molecule has 0 aromatic carbocycles. The normalized spacial score (nSPS) is 10.7. The van der Waals surface area contributed by atoms with Gasteiger partial charge in [0, 0.05) is 17.3 Å². The summed E-state index contributed by atoms with van der Waals surface area (Å²) in [6.07, 6.45) is -2.97.